The topological polar surface area (TPSA) is 55.9 Å². The third-order valence-electron chi connectivity index (χ3n) is 7.11. The number of hydrogen-bond donors (Lipinski definition) is 1. The predicted molar refractivity (Wildman–Crippen MR) is 125 cm³/mol. The minimum absolute atomic E-state index is 0.0202. The molecule has 2 aliphatic carbocycles. The molecule has 0 radical (unpaired) electrons. The zero-order chi connectivity index (χ0) is 22.6. The largest absolute Gasteiger partial charge is 0.364 e. The van der Waals surface area contributed by atoms with E-state index in [4.69, 9.17) is 0 Å². The lowest BCUT2D eigenvalue weighted by Gasteiger charge is -2.36. The van der Waals surface area contributed by atoms with E-state index < -0.39 is 0 Å². The Morgan fingerprint density at radius 3 is 2.26 bits per heavy atom. The lowest BCUT2D eigenvalue weighted by Crippen LogP contribution is -2.49. The quantitative estimate of drug-likeness (QED) is 0.731. The van der Waals surface area contributed by atoms with Crippen molar-refractivity contribution in [3.05, 3.63) is 35.7 Å². The van der Waals surface area contributed by atoms with Gasteiger partial charge in [-0.05, 0) is 56.2 Å². The standard InChI is InChI=1S/C25H40N4O2/c1-25(2)13-7-6-8-21(25)18-22(27(3)4)26-23(30)19-9-11-20(12-10-19)24(31)29-16-14-28(5)15-17-29/h6-8,18-20H,9-17H2,1-5H3,(H,26,30)/b22-18-. The normalized spacial score (nSPS) is 26.9. The summed E-state index contributed by atoms with van der Waals surface area (Å²) in [6.45, 7) is 8.01. The number of carbonyl (C=O) groups is 2. The van der Waals surface area contributed by atoms with Crippen LogP contribution in [0.15, 0.2) is 35.7 Å². The van der Waals surface area contributed by atoms with E-state index in [1.54, 1.807) is 0 Å². The Hall–Kier alpha value is -2.08. The minimum atomic E-state index is -0.0202. The molecule has 6 heteroatoms. The third-order valence-corrected chi connectivity index (χ3v) is 7.11. The molecule has 0 atom stereocenters. The lowest BCUT2D eigenvalue weighted by molar-refractivity contribution is -0.139. The Morgan fingerprint density at radius 1 is 1.06 bits per heavy atom. The number of nitrogens with zero attached hydrogens (tertiary/aromatic N) is 3. The summed E-state index contributed by atoms with van der Waals surface area (Å²) in [5.41, 5.74) is 1.28. The summed E-state index contributed by atoms with van der Waals surface area (Å²) in [6, 6.07) is 0. The fraction of sp³-hybridized carbons (Fsp3) is 0.680. The number of hydrogen-bond acceptors (Lipinski definition) is 4. The minimum Gasteiger partial charge on any atom is -0.364 e. The van der Waals surface area contributed by atoms with Crippen molar-refractivity contribution in [1.29, 1.82) is 0 Å². The molecule has 6 nitrogen and oxygen atoms in total. The molecule has 1 saturated heterocycles. The Bertz CT molecular complexity index is 749. The van der Waals surface area contributed by atoms with Crippen LogP contribution in [-0.2, 0) is 9.59 Å². The summed E-state index contributed by atoms with van der Waals surface area (Å²) in [6.07, 6.45) is 12.7. The van der Waals surface area contributed by atoms with Gasteiger partial charge in [0, 0.05) is 52.1 Å². The van der Waals surface area contributed by atoms with Crippen molar-refractivity contribution in [2.45, 2.75) is 46.0 Å². The molecule has 2 amide bonds. The van der Waals surface area contributed by atoms with Gasteiger partial charge >= 0.3 is 0 Å². The smallest absolute Gasteiger partial charge is 0.228 e. The highest BCUT2D eigenvalue weighted by molar-refractivity contribution is 5.82. The number of rotatable bonds is 5. The van der Waals surface area contributed by atoms with Crippen molar-refractivity contribution in [2.24, 2.45) is 17.3 Å². The average Bonchev–Trinajstić information content (AvgIpc) is 2.74. The molecule has 1 aliphatic heterocycles. The van der Waals surface area contributed by atoms with Crippen LogP contribution in [0.4, 0.5) is 0 Å². The van der Waals surface area contributed by atoms with Crippen molar-refractivity contribution in [1.82, 2.24) is 20.0 Å². The lowest BCUT2D eigenvalue weighted by atomic mass is 9.78. The molecule has 172 valence electrons. The van der Waals surface area contributed by atoms with Crippen molar-refractivity contribution >= 4 is 11.8 Å². The molecule has 31 heavy (non-hydrogen) atoms. The van der Waals surface area contributed by atoms with Gasteiger partial charge in [-0.25, -0.2) is 0 Å². The third kappa shape index (κ3) is 6.00. The molecule has 0 aromatic carbocycles. The molecule has 0 spiro atoms. The van der Waals surface area contributed by atoms with Crippen molar-refractivity contribution in [2.75, 3.05) is 47.3 Å². The van der Waals surface area contributed by atoms with E-state index in [2.05, 4.69) is 55.4 Å². The molecule has 0 bridgehead atoms. The molecular weight excluding hydrogens is 388 g/mol. The summed E-state index contributed by atoms with van der Waals surface area (Å²) in [7, 11) is 6.03. The summed E-state index contributed by atoms with van der Waals surface area (Å²) in [5, 5.41) is 3.17. The molecule has 0 aromatic heterocycles. The van der Waals surface area contributed by atoms with Crippen LogP contribution in [0.1, 0.15) is 46.0 Å². The van der Waals surface area contributed by atoms with E-state index >= 15 is 0 Å². The summed E-state index contributed by atoms with van der Waals surface area (Å²) in [5.74, 6) is 1.26. The van der Waals surface area contributed by atoms with E-state index in [1.165, 1.54) is 5.57 Å². The maximum absolute atomic E-state index is 13.0. The second-order valence-electron chi connectivity index (χ2n) is 10.2. The van der Waals surface area contributed by atoms with Crippen LogP contribution in [-0.4, -0.2) is 73.8 Å². The highest BCUT2D eigenvalue weighted by Gasteiger charge is 2.33. The highest BCUT2D eigenvalue weighted by atomic mass is 16.2. The Balaban J connectivity index is 1.56. The van der Waals surface area contributed by atoms with E-state index in [0.29, 0.717) is 5.91 Å². The number of allylic oxidation sites excluding steroid dienone is 5. The van der Waals surface area contributed by atoms with E-state index in [1.807, 2.05) is 23.9 Å². The van der Waals surface area contributed by atoms with Crippen molar-refractivity contribution < 1.29 is 9.59 Å². The van der Waals surface area contributed by atoms with Crippen LogP contribution < -0.4 is 5.32 Å². The van der Waals surface area contributed by atoms with E-state index in [-0.39, 0.29) is 23.2 Å². The fourth-order valence-electron chi connectivity index (χ4n) is 4.66. The Labute approximate surface area is 188 Å². The molecule has 3 aliphatic rings. The Morgan fingerprint density at radius 2 is 1.68 bits per heavy atom. The van der Waals surface area contributed by atoms with Gasteiger partial charge in [0.15, 0.2) is 0 Å². The van der Waals surface area contributed by atoms with Crippen LogP contribution in [0, 0.1) is 17.3 Å². The van der Waals surface area contributed by atoms with Gasteiger partial charge in [-0.2, -0.15) is 0 Å². The van der Waals surface area contributed by atoms with E-state index in [0.717, 1.165) is 64.1 Å². The molecule has 2 fully saturated rings. The predicted octanol–water partition coefficient (Wildman–Crippen LogP) is 3.00. The first-order chi connectivity index (χ1) is 14.7. The highest BCUT2D eigenvalue weighted by Crippen LogP contribution is 2.35. The molecule has 1 N–H and O–H groups in total. The second-order valence-corrected chi connectivity index (χ2v) is 10.2. The molecular formula is C25H40N4O2. The van der Waals surface area contributed by atoms with Gasteiger partial charge in [0.25, 0.3) is 0 Å². The van der Waals surface area contributed by atoms with Gasteiger partial charge in [0.2, 0.25) is 11.8 Å². The molecule has 0 aromatic rings. The Kier molecular flexibility index (Phi) is 7.63. The van der Waals surface area contributed by atoms with Crippen LogP contribution in [0.25, 0.3) is 0 Å². The number of carbonyl (C=O) groups excluding carboxylic acids is 2. The zero-order valence-electron chi connectivity index (χ0n) is 20.0. The van der Waals surface area contributed by atoms with Crippen LogP contribution >= 0.6 is 0 Å². The van der Waals surface area contributed by atoms with Crippen LogP contribution in [0.3, 0.4) is 0 Å². The number of amides is 2. The second kappa shape index (κ2) is 10.0. The number of piperazine rings is 1. The van der Waals surface area contributed by atoms with Crippen LogP contribution in [0.5, 0.6) is 0 Å². The maximum Gasteiger partial charge on any atom is 0.228 e. The van der Waals surface area contributed by atoms with Gasteiger partial charge < -0.3 is 20.0 Å². The molecule has 1 saturated carbocycles. The average molecular weight is 429 g/mol. The van der Waals surface area contributed by atoms with Gasteiger partial charge in [-0.1, -0.05) is 32.1 Å². The van der Waals surface area contributed by atoms with Gasteiger partial charge in [-0.15, -0.1) is 0 Å². The van der Waals surface area contributed by atoms with Gasteiger partial charge in [0.1, 0.15) is 5.82 Å². The van der Waals surface area contributed by atoms with Crippen molar-refractivity contribution in [3.8, 4) is 0 Å². The first kappa shape index (κ1) is 23.6. The summed E-state index contributed by atoms with van der Waals surface area (Å²) in [4.78, 5) is 32.1. The number of likely N-dealkylation sites (N-methyl/N-ethyl adjacent to an activating group) is 1. The summed E-state index contributed by atoms with van der Waals surface area (Å²) >= 11 is 0. The monoisotopic (exact) mass is 428 g/mol. The van der Waals surface area contributed by atoms with Gasteiger partial charge in [-0.3, -0.25) is 9.59 Å². The van der Waals surface area contributed by atoms with Crippen LogP contribution in [0.2, 0.25) is 0 Å². The maximum atomic E-state index is 13.0. The first-order valence-corrected chi connectivity index (χ1v) is 11.7. The molecule has 1 heterocycles. The van der Waals surface area contributed by atoms with E-state index in [9.17, 15) is 9.59 Å². The van der Waals surface area contributed by atoms with Crippen molar-refractivity contribution in [3.63, 3.8) is 0 Å². The zero-order valence-corrected chi connectivity index (χ0v) is 20.0. The molecule has 3 rings (SSSR count). The first-order valence-electron chi connectivity index (χ1n) is 11.7. The number of nitrogens with one attached hydrogen (secondary N) is 1. The fourth-order valence-corrected chi connectivity index (χ4v) is 4.66. The molecule has 0 unspecified atom stereocenters. The van der Waals surface area contributed by atoms with Gasteiger partial charge in [0.05, 0.1) is 0 Å². The SMILES string of the molecule is CN1CCN(C(=O)C2CCC(C(=O)N/C(=C/C3=CC=CCC3(C)C)N(C)C)CC2)CC1. The summed E-state index contributed by atoms with van der Waals surface area (Å²) < 4.78 is 0.